The monoisotopic (exact) mass is 224 g/mol. The Kier molecular flexibility index (Phi) is 4.12. The van der Waals surface area contributed by atoms with Gasteiger partial charge in [0.1, 0.15) is 0 Å². The van der Waals surface area contributed by atoms with Crippen molar-refractivity contribution in [3.05, 3.63) is 11.6 Å². The minimum Gasteiger partial charge on any atom is -0.390 e. The van der Waals surface area contributed by atoms with Crippen molar-refractivity contribution >= 4 is 0 Å². The van der Waals surface area contributed by atoms with E-state index in [1.807, 2.05) is 0 Å². The molecule has 0 spiro atoms. The minimum absolute atomic E-state index is 0.0131. The van der Waals surface area contributed by atoms with E-state index in [1.54, 1.807) is 4.90 Å². The third-order valence-corrected chi connectivity index (χ3v) is 2.40. The van der Waals surface area contributed by atoms with Crippen LogP contribution in [0.2, 0.25) is 0 Å². The third-order valence-electron chi connectivity index (χ3n) is 2.40. The van der Waals surface area contributed by atoms with Gasteiger partial charge >= 0.3 is 6.18 Å². The SMILES string of the molecule is NCC(O)CN1CC=C(C(F)(F)F)CC1. The van der Waals surface area contributed by atoms with E-state index >= 15 is 0 Å². The minimum atomic E-state index is -4.21. The van der Waals surface area contributed by atoms with Crippen molar-refractivity contribution in [2.24, 2.45) is 5.73 Å². The molecule has 0 aromatic rings. The molecule has 0 aromatic heterocycles. The summed E-state index contributed by atoms with van der Waals surface area (Å²) in [6.45, 7) is 1.01. The first-order chi connectivity index (χ1) is 6.93. The molecule has 0 aliphatic carbocycles. The van der Waals surface area contributed by atoms with Crippen molar-refractivity contribution in [3.63, 3.8) is 0 Å². The number of hydrogen-bond donors (Lipinski definition) is 2. The molecule has 0 saturated heterocycles. The maximum Gasteiger partial charge on any atom is 0.412 e. The van der Waals surface area contributed by atoms with Crippen LogP contribution in [0.4, 0.5) is 13.2 Å². The summed E-state index contributed by atoms with van der Waals surface area (Å²) in [6.07, 6.45) is -3.71. The first-order valence-electron chi connectivity index (χ1n) is 4.80. The summed E-state index contributed by atoms with van der Waals surface area (Å²) in [5, 5.41) is 9.23. The maximum atomic E-state index is 12.2. The van der Waals surface area contributed by atoms with Crippen LogP contribution in [0.25, 0.3) is 0 Å². The molecule has 0 saturated carbocycles. The molecule has 3 nitrogen and oxygen atoms in total. The van der Waals surface area contributed by atoms with Gasteiger partial charge in [0.2, 0.25) is 0 Å². The summed E-state index contributed by atoms with van der Waals surface area (Å²) in [5.74, 6) is 0. The van der Waals surface area contributed by atoms with E-state index in [0.717, 1.165) is 0 Å². The van der Waals surface area contributed by atoms with E-state index < -0.39 is 17.9 Å². The van der Waals surface area contributed by atoms with E-state index in [0.29, 0.717) is 13.1 Å². The van der Waals surface area contributed by atoms with Crippen LogP contribution >= 0.6 is 0 Å². The standard InChI is InChI=1S/C9H15F3N2O/c10-9(11,12)7-1-3-14(4-2-7)6-8(15)5-13/h1,8,15H,2-6,13H2. The summed E-state index contributed by atoms with van der Waals surface area (Å²) < 4.78 is 36.7. The lowest BCUT2D eigenvalue weighted by molar-refractivity contribution is -0.0962. The van der Waals surface area contributed by atoms with Crippen LogP contribution in [0.1, 0.15) is 6.42 Å². The zero-order valence-electron chi connectivity index (χ0n) is 8.30. The molecular weight excluding hydrogens is 209 g/mol. The van der Waals surface area contributed by atoms with E-state index in [-0.39, 0.29) is 19.5 Å². The molecule has 0 amide bonds. The van der Waals surface area contributed by atoms with Crippen LogP contribution in [0.15, 0.2) is 11.6 Å². The Bertz CT molecular complexity index is 240. The summed E-state index contributed by atoms with van der Waals surface area (Å²) >= 11 is 0. The van der Waals surface area contributed by atoms with E-state index in [2.05, 4.69) is 0 Å². The second-order valence-corrected chi connectivity index (χ2v) is 3.63. The zero-order valence-corrected chi connectivity index (χ0v) is 8.30. The fourth-order valence-electron chi connectivity index (χ4n) is 1.51. The van der Waals surface area contributed by atoms with Gasteiger partial charge in [-0.3, -0.25) is 4.90 Å². The summed E-state index contributed by atoms with van der Waals surface area (Å²) in [7, 11) is 0. The Morgan fingerprint density at radius 2 is 2.20 bits per heavy atom. The smallest absolute Gasteiger partial charge is 0.390 e. The van der Waals surface area contributed by atoms with Crippen LogP contribution < -0.4 is 5.73 Å². The topological polar surface area (TPSA) is 49.5 Å². The molecule has 0 bridgehead atoms. The molecule has 3 N–H and O–H groups in total. The van der Waals surface area contributed by atoms with Gasteiger partial charge in [-0.25, -0.2) is 0 Å². The van der Waals surface area contributed by atoms with Gasteiger partial charge < -0.3 is 10.8 Å². The third kappa shape index (κ3) is 3.81. The van der Waals surface area contributed by atoms with Crippen LogP contribution in [0, 0.1) is 0 Å². The maximum absolute atomic E-state index is 12.2. The normalized spacial score (nSPS) is 21.3. The van der Waals surface area contributed by atoms with Crippen LogP contribution in [-0.2, 0) is 0 Å². The van der Waals surface area contributed by atoms with Crippen LogP contribution in [-0.4, -0.2) is 48.5 Å². The Hall–Kier alpha value is -0.590. The molecule has 0 fully saturated rings. The van der Waals surface area contributed by atoms with Crippen molar-refractivity contribution in [1.29, 1.82) is 0 Å². The van der Waals surface area contributed by atoms with Gasteiger partial charge in [-0.2, -0.15) is 13.2 Å². The highest BCUT2D eigenvalue weighted by molar-refractivity contribution is 5.13. The highest BCUT2D eigenvalue weighted by Crippen LogP contribution is 2.29. The second-order valence-electron chi connectivity index (χ2n) is 3.63. The molecule has 1 atom stereocenters. The number of nitrogens with zero attached hydrogens (tertiary/aromatic N) is 1. The number of aliphatic hydroxyl groups is 1. The van der Waals surface area contributed by atoms with Gasteiger partial charge in [0.05, 0.1) is 6.10 Å². The number of rotatable bonds is 3. The Balaban J connectivity index is 2.44. The fourth-order valence-corrected chi connectivity index (χ4v) is 1.51. The van der Waals surface area contributed by atoms with Gasteiger partial charge in [-0.15, -0.1) is 0 Å². The number of β-amino-alcohol motifs (C(OH)–C–C–N with tert-alkyl or cyclic N) is 1. The molecule has 6 heteroatoms. The van der Waals surface area contributed by atoms with Crippen LogP contribution in [0.3, 0.4) is 0 Å². The predicted molar refractivity (Wildman–Crippen MR) is 50.3 cm³/mol. The Morgan fingerprint density at radius 1 is 1.53 bits per heavy atom. The Morgan fingerprint density at radius 3 is 2.60 bits per heavy atom. The number of aliphatic hydroxyl groups excluding tert-OH is 1. The highest BCUT2D eigenvalue weighted by atomic mass is 19.4. The summed E-state index contributed by atoms with van der Waals surface area (Å²) in [5.41, 5.74) is 4.74. The van der Waals surface area contributed by atoms with Gasteiger partial charge in [0.15, 0.2) is 0 Å². The van der Waals surface area contributed by atoms with E-state index in [9.17, 15) is 18.3 Å². The second kappa shape index (κ2) is 4.96. The molecular formula is C9H15F3N2O. The predicted octanol–water partition coefficient (Wildman–Crippen LogP) is 0.500. The number of nitrogens with two attached hydrogens (primary N) is 1. The molecule has 1 aliphatic heterocycles. The van der Waals surface area contributed by atoms with Gasteiger partial charge in [0.25, 0.3) is 0 Å². The average molecular weight is 224 g/mol. The Labute approximate surface area is 86.4 Å². The fraction of sp³-hybridized carbons (Fsp3) is 0.778. The first kappa shape index (κ1) is 12.5. The summed E-state index contributed by atoms with van der Waals surface area (Å²) in [6, 6.07) is 0. The first-order valence-corrected chi connectivity index (χ1v) is 4.80. The molecule has 1 rings (SSSR count). The molecule has 0 aromatic carbocycles. The van der Waals surface area contributed by atoms with Gasteiger partial charge in [-0.05, 0) is 6.42 Å². The van der Waals surface area contributed by atoms with Crippen molar-refractivity contribution < 1.29 is 18.3 Å². The highest BCUT2D eigenvalue weighted by Gasteiger charge is 2.34. The van der Waals surface area contributed by atoms with Crippen molar-refractivity contribution in [3.8, 4) is 0 Å². The molecule has 88 valence electrons. The molecule has 1 unspecified atom stereocenters. The average Bonchev–Trinajstić information content (AvgIpc) is 2.17. The lowest BCUT2D eigenvalue weighted by Gasteiger charge is -2.28. The van der Waals surface area contributed by atoms with Crippen molar-refractivity contribution in [1.82, 2.24) is 4.90 Å². The number of halogens is 3. The lowest BCUT2D eigenvalue weighted by atomic mass is 10.1. The van der Waals surface area contributed by atoms with Crippen LogP contribution in [0.5, 0.6) is 0 Å². The quantitative estimate of drug-likeness (QED) is 0.686. The largest absolute Gasteiger partial charge is 0.412 e. The van der Waals surface area contributed by atoms with Gasteiger partial charge in [0, 0.05) is 31.8 Å². The van der Waals surface area contributed by atoms with Crippen molar-refractivity contribution in [2.45, 2.75) is 18.7 Å². The molecule has 1 aliphatic rings. The zero-order chi connectivity index (χ0) is 11.5. The number of alkyl halides is 3. The number of hydrogen-bond acceptors (Lipinski definition) is 3. The van der Waals surface area contributed by atoms with E-state index in [4.69, 9.17) is 5.73 Å². The van der Waals surface area contributed by atoms with Crippen molar-refractivity contribution in [2.75, 3.05) is 26.2 Å². The van der Waals surface area contributed by atoms with E-state index in [1.165, 1.54) is 6.08 Å². The molecule has 15 heavy (non-hydrogen) atoms. The summed E-state index contributed by atoms with van der Waals surface area (Å²) in [4.78, 5) is 1.76. The lowest BCUT2D eigenvalue weighted by Crippen LogP contribution is -2.39. The van der Waals surface area contributed by atoms with Gasteiger partial charge in [-0.1, -0.05) is 6.08 Å². The molecule has 0 radical (unpaired) electrons. The molecule has 1 heterocycles.